The zero-order chi connectivity index (χ0) is 19.7. The Morgan fingerprint density at radius 3 is 1.50 bits per heavy atom. The van der Waals surface area contributed by atoms with Crippen molar-refractivity contribution in [3.8, 4) is 0 Å². The molecule has 0 radical (unpaired) electrons. The van der Waals surface area contributed by atoms with Gasteiger partial charge in [0.1, 0.15) is 20.7 Å². The van der Waals surface area contributed by atoms with Crippen LogP contribution in [0.2, 0.25) is 0 Å². The molecule has 0 rings (SSSR count). The van der Waals surface area contributed by atoms with Crippen molar-refractivity contribution in [2.24, 2.45) is 0 Å². The summed E-state index contributed by atoms with van der Waals surface area (Å²) in [5.41, 5.74) is 0. The predicted octanol–water partition coefficient (Wildman–Crippen LogP) is 5.74. The molecule has 0 fully saturated rings. The zero-order valence-corrected chi connectivity index (χ0v) is 19.0. The highest BCUT2D eigenvalue weighted by atomic mass is 31.2. The maximum absolute atomic E-state index is 11.8. The van der Waals surface area contributed by atoms with Crippen molar-refractivity contribution in [3.05, 3.63) is 0 Å². The van der Waals surface area contributed by atoms with Crippen LogP contribution in [0.5, 0.6) is 0 Å². The van der Waals surface area contributed by atoms with Gasteiger partial charge in [-0.1, -0.05) is 90.4 Å². The summed E-state index contributed by atoms with van der Waals surface area (Å²) < 4.78 is 17.7. The third-order valence-electron chi connectivity index (χ3n) is 4.84. The van der Waals surface area contributed by atoms with Gasteiger partial charge in [0.2, 0.25) is 0 Å². The standard InChI is InChI=1S/C21H46NO3P/c1-5-6-7-8-9-10-11-12-13-14-15-16-17-18-21-26(23,24)25-20-19-22(2,3)4/h5-21H2,1-4H3. The molecule has 0 heterocycles. The lowest BCUT2D eigenvalue weighted by Gasteiger charge is -2.27. The first-order chi connectivity index (χ1) is 12.3. The smallest absolute Gasteiger partial charge is 0.135 e. The number of hydrogen-bond acceptors (Lipinski definition) is 3. The largest absolute Gasteiger partial charge is 0.778 e. The Kier molecular flexibility index (Phi) is 16.2. The van der Waals surface area contributed by atoms with Crippen LogP contribution in [-0.2, 0) is 9.09 Å². The van der Waals surface area contributed by atoms with Gasteiger partial charge in [-0.25, -0.2) is 0 Å². The van der Waals surface area contributed by atoms with Gasteiger partial charge in [0.15, 0.2) is 0 Å². The Bertz CT molecular complexity index is 356. The maximum Gasteiger partial charge on any atom is 0.135 e. The Balaban J connectivity index is 3.33. The highest BCUT2D eigenvalue weighted by Crippen LogP contribution is 2.37. The summed E-state index contributed by atoms with van der Waals surface area (Å²) in [6.45, 7) is 3.27. The van der Waals surface area contributed by atoms with E-state index in [1.165, 1.54) is 70.6 Å². The molecule has 1 atom stereocenters. The van der Waals surface area contributed by atoms with Gasteiger partial charge in [-0.15, -0.1) is 0 Å². The van der Waals surface area contributed by atoms with Crippen LogP contribution in [0, 0.1) is 0 Å². The van der Waals surface area contributed by atoms with Crippen LogP contribution in [0.25, 0.3) is 0 Å². The van der Waals surface area contributed by atoms with Crippen LogP contribution < -0.4 is 4.89 Å². The van der Waals surface area contributed by atoms with Crippen LogP contribution in [0.1, 0.15) is 96.8 Å². The number of nitrogens with zero attached hydrogens (tertiary/aromatic N) is 1. The Morgan fingerprint density at radius 1 is 0.731 bits per heavy atom. The highest BCUT2D eigenvalue weighted by molar-refractivity contribution is 7.51. The lowest BCUT2D eigenvalue weighted by Crippen LogP contribution is -2.37. The van der Waals surface area contributed by atoms with Crippen molar-refractivity contribution in [3.63, 3.8) is 0 Å². The Hall–Kier alpha value is 0.110. The summed E-state index contributed by atoms with van der Waals surface area (Å²) >= 11 is 0. The lowest BCUT2D eigenvalue weighted by molar-refractivity contribution is -0.870. The van der Waals surface area contributed by atoms with Crippen molar-refractivity contribution in [1.29, 1.82) is 0 Å². The molecule has 0 aliphatic heterocycles. The number of quaternary nitrogens is 1. The van der Waals surface area contributed by atoms with Crippen molar-refractivity contribution in [2.45, 2.75) is 96.8 Å². The minimum absolute atomic E-state index is 0.197. The van der Waals surface area contributed by atoms with Crippen LogP contribution >= 0.6 is 7.60 Å². The maximum atomic E-state index is 11.8. The van der Waals surface area contributed by atoms with Crippen molar-refractivity contribution in [1.82, 2.24) is 0 Å². The predicted molar refractivity (Wildman–Crippen MR) is 112 cm³/mol. The molecule has 0 aromatic heterocycles. The third kappa shape index (κ3) is 20.4. The SMILES string of the molecule is CCCCCCCCCCCCCCCCP(=O)([O-])OCC[N+](C)(C)C. The van der Waals surface area contributed by atoms with E-state index >= 15 is 0 Å². The monoisotopic (exact) mass is 391 g/mol. The molecule has 0 saturated heterocycles. The minimum Gasteiger partial charge on any atom is -0.778 e. The summed E-state index contributed by atoms with van der Waals surface area (Å²) in [5.74, 6) is 0. The van der Waals surface area contributed by atoms with Crippen molar-refractivity contribution in [2.75, 3.05) is 40.5 Å². The number of rotatable bonds is 19. The average molecular weight is 392 g/mol. The van der Waals surface area contributed by atoms with Gasteiger partial charge in [-0.05, 0) is 6.42 Å². The molecule has 0 aromatic rings. The normalized spacial score (nSPS) is 14.5. The van der Waals surface area contributed by atoms with E-state index in [1.54, 1.807) is 0 Å². The fourth-order valence-corrected chi connectivity index (χ4v) is 4.12. The lowest BCUT2D eigenvalue weighted by atomic mass is 10.0. The van der Waals surface area contributed by atoms with E-state index in [9.17, 15) is 9.46 Å². The van der Waals surface area contributed by atoms with E-state index in [1.807, 2.05) is 21.1 Å². The zero-order valence-electron chi connectivity index (χ0n) is 18.1. The molecule has 0 aliphatic rings. The van der Waals surface area contributed by atoms with Crippen LogP contribution in [0.4, 0.5) is 0 Å². The molecule has 0 amide bonds. The van der Waals surface area contributed by atoms with Crippen molar-refractivity contribution < 1.29 is 18.5 Å². The van der Waals surface area contributed by atoms with E-state index in [2.05, 4.69) is 6.92 Å². The molecule has 26 heavy (non-hydrogen) atoms. The average Bonchev–Trinajstić information content (AvgIpc) is 2.53. The van der Waals surface area contributed by atoms with E-state index in [-0.39, 0.29) is 6.16 Å². The van der Waals surface area contributed by atoms with E-state index in [0.29, 0.717) is 13.2 Å². The van der Waals surface area contributed by atoms with E-state index < -0.39 is 7.60 Å². The summed E-state index contributed by atoms with van der Waals surface area (Å²) in [4.78, 5) is 11.8. The van der Waals surface area contributed by atoms with Gasteiger partial charge in [0.05, 0.1) is 21.1 Å². The number of likely N-dealkylation sites (N-methyl/N-ethyl adjacent to an activating group) is 1. The third-order valence-corrected chi connectivity index (χ3v) is 6.28. The van der Waals surface area contributed by atoms with Gasteiger partial charge in [-0.2, -0.15) is 0 Å². The molecule has 5 heteroatoms. The van der Waals surface area contributed by atoms with Gasteiger partial charge in [0.25, 0.3) is 0 Å². The molecule has 4 nitrogen and oxygen atoms in total. The molecular formula is C21H46NO3P. The fourth-order valence-electron chi connectivity index (χ4n) is 3.02. The molecular weight excluding hydrogens is 345 g/mol. The summed E-state index contributed by atoms with van der Waals surface area (Å²) in [6.07, 6.45) is 18.1. The van der Waals surface area contributed by atoms with Crippen LogP contribution in [0.15, 0.2) is 0 Å². The van der Waals surface area contributed by atoms with Gasteiger partial charge in [0, 0.05) is 6.16 Å². The van der Waals surface area contributed by atoms with Crippen molar-refractivity contribution >= 4 is 7.60 Å². The number of hydrogen-bond donors (Lipinski definition) is 0. The highest BCUT2D eigenvalue weighted by Gasteiger charge is 2.12. The molecule has 0 bridgehead atoms. The van der Waals surface area contributed by atoms with E-state index in [4.69, 9.17) is 4.52 Å². The fraction of sp³-hybridized carbons (Fsp3) is 1.00. The van der Waals surface area contributed by atoms with E-state index in [0.717, 1.165) is 23.7 Å². The van der Waals surface area contributed by atoms with Crippen LogP contribution in [0.3, 0.4) is 0 Å². The van der Waals surface area contributed by atoms with Gasteiger partial charge >= 0.3 is 0 Å². The molecule has 158 valence electrons. The molecule has 0 N–H and O–H groups in total. The first-order valence-electron chi connectivity index (χ1n) is 11.0. The Morgan fingerprint density at radius 2 is 1.12 bits per heavy atom. The second-order valence-corrected chi connectivity index (χ2v) is 10.7. The quantitative estimate of drug-likeness (QED) is 0.160. The second kappa shape index (κ2) is 16.1. The molecule has 0 saturated carbocycles. The van der Waals surface area contributed by atoms with Gasteiger partial charge in [-0.3, -0.25) is 0 Å². The topological polar surface area (TPSA) is 49.4 Å². The molecule has 0 aromatic carbocycles. The summed E-state index contributed by atoms with van der Waals surface area (Å²) in [5, 5.41) is 0. The molecule has 0 aliphatic carbocycles. The minimum atomic E-state index is -3.62. The second-order valence-electron chi connectivity index (χ2n) is 8.78. The summed E-state index contributed by atoms with van der Waals surface area (Å²) in [6, 6.07) is 0. The first kappa shape index (κ1) is 26.1. The number of unbranched alkanes of at least 4 members (excludes halogenated alkanes) is 13. The first-order valence-corrected chi connectivity index (χ1v) is 12.7. The molecule has 0 spiro atoms. The van der Waals surface area contributed by atoms with Gasteiger partial charge < -0.3 is 18.5 Å². The Labute approximate surface area is 163 Å². The summed E-state index contributed by atoms with van der Waals surface area (Å²) in [7, 11) is 2.48. The molecule has 1 unspecified atom stereocenters. The van der Waals surface area contributed by atoms with Crippen LogP contribution in [-0.4, -0.2) is 44.9 Å².